The van der Waals surface area contributed by atoms with Crippen molar-refractivity contribution in [2.24, 2.45) is 0 Å². The zero-order valence-electron chi connectivity index (χ0n) is 8.48. The zero-order chi connectivity index (χ0) is 11.5. The molecule has 1 heterocycles. The first kappa shape index (κ1) is 10.6. The summed E-state index contributed by atoms with van der Waals surface area (Å²) in [5.41, 5.74) is 3.27. The number of hydrogen-bond acceptors (Lipinski definition) is 3. The Bertz CT molecular complexity index is 438. The van der Waals surface area contributed by atoms with Crippen LogP contribution in [0.25, 0.3) is 0 Å². The largest absolute Gasteiger partial charge is 0.287 e. The molecule has 1 N–H and O–H groups in total. The van der Waals surface area contributed by atoms with Gasteiger partial charge < -0.3 is 0 Å². The minimum atomic E-state index is -0.563. The first-order valence-electron chi connectivity index (χ1n) is 4.92. The molecule has 4 nitrogen and oxygen atoms in total. The van der Waals surface area contributed by atoms with Crippen LogP contribution in [0.5, 0.6) is 0 Å². The standard InChI is InChI=1S/C11H10FN3O/c12-9-3-1-8(2-4-9)10(7-13)15-6-5-11(16)14-15/h1-4,10H,5-6H2,(H,14,16). The molecule has 5 heteroatoms. The summed E-state index contributed by atoms with van der Waals surface area (Å²) < 4.78 is 12.7. The monoisotopic (exact) mass is 219 g/mol. The lowest BCUT2D eigenvalue weighted by atomic mass is 10.1. The lowest BCUT2D eigenvalue weighted by molar-refractivity contribution is -0.121. The summed E-state index contributed by atoms with van der Waals surface area (Å²) in [6.07, 6.45) is 0.388. The number of benzene rings is 1. The van der Waals surface area contributed by atoms with Crippen molar-refractivity contribution in [3.05, 3.63) is 35.6 Å². The van der Waals surface area contributed by atoms with E-state index in [1.165, 1.54) is 12.1 Å². The summed E-state index contributed by atoms with van der Waals surface area (Å²) in [6, 6.07) is 7.23. The Labute approximate surface area is 92.2 Å². The molecule has 0 spiro atoms. The third kappa shape index (κ3) is 2.02. The van der Waals surface area contributed by atoms with Crippen molar-refractivity contribution >= 4 is 5.91 Å². The van der Waals surface area contributed by atoms with Crippen LogP contribution in [0.2, 0.25) is 0 Å². The molecule has 0 radical (unpaired) electrons. The van der Waals surface area contributed by atoms with Crippen molar-refractivity contribution in [2.45, 2.75) is 12.5 Å². The molecule has 1 unspecified atom stereocenters. The van der Waals surface area contributed by atoms with Gasteiger partial charge in [0.2, 0.25) is 5.91 Å². The maximum absolute atomic E-state index is 12.7. The summed E-state index contributed by atoms with van der Waals surface area (Å²) in [6.45, 7) is 0.494. The van der Waals surface area contributed by atoms with Gasteiger partial charge in [0.25, 0.3) is 0 Å². The van der Waals surface area contributed by atoms with Gasteiger partial charge in [-0.05, 0) is 17.7 Å². The summed E-state index contributed by atoms with van der Waals surface area (Å²) in [5, 5.41) is 10.6. The number of rotatable bonds is 2. The Morgan fingerprint density at radius 3 is 2.62 bits per heavy atom. The molecular formula is C11H10FN3O. The van der Waals surface area contributed by atoms with E-state index in [1.807, 2.05) is 0 Å². The Morgan fingerprint density at radius 2 is 2.12 bits per heavy atom. The predicted molar refractivity (Wildman–Crippen MR) is 54.2 cm³/mol. The number of carbonyl (C=O) groups excluding carboxylic acids is 1. The van der Waals surface area contributed by atoms with E-state index in [-0.39, 0.29) is 11.7 Å². The van der Waals surface area contributed by atoms with Crippen molar-refractivity contribution in [3.8, 4) is 6.07 Å². The molecule has 1 amide bonds. The van der Waals surface area contributed by atoms with E-state index in [0.717, 1.165) is 0 Å². The average Bonchev–Trinajstić information content (AvgIpc) is 2.69. The molecule has 16 heavy (non-hydrogen) atoms. The van der Waals surface area contributed by atoms with E-state index in [0.29, 0.717) is 18.5 Å². The summed E-state index contributed by atoms with van der Waals surface area (Å²) in [5.74, 6) is -0.437. The smallest absolute Gasteiger partial charge is 0.235 e. The molecule has 0 saturated carbocycles. The van der Waals surface area contributed by atoms with Crippen molar-refractivity contribution in [2.75, 3.05) is 6.54 Å². The highest BCUT2D eigenvalue weighted by molar-refractivity contribution is 5.77. The molecule has 1 aromatic rings. The maximum atomic E-state index is 12.7. The van der Waals surface area contributed by atoms with Crippen LogP contribution in [0.15, 0.2) is 24.3 Å². The van der Waals surface area contributed by atoms with Gasteiger partial charge in [-0.15, -0.1) is 0 Å². The van der Waals surface area contributed by atoms with Crippen LogP contribution in [0.3, 0.4) is 0 Å². The quantitative estimate of drug-likeness (QED) is 0.811. The number of nitriles is 1. The molecule has 2 rings (SSSR count). The molecule has 1 fully saturated rings. The van der Waals surface area contributed by atoms with Gasteiger partial charge >= 0.3 is 0 Å². The van der Waals surface area contributed by atoms with E-state index in [9.17, 15) is 9.18 Å². The topological polar surface area (TPSA) is 56.1 Å². The first-order chi connectivity index (χ1) is 7.70. The normalized spacial score (nSPS) is 17.9. The van der Waals surface area contributed by atoms with Crippen LogP contribution < -0.4 is 5.43 Å². The zero-order valence-corrected chi connectivity index (χ0v) is 8.48. The predicted octanol–water partition coefficient (Wildman–Crippen LogP) is 1.13. The number of amides is 1. The Balaban J connectivity index is 2.20. The second-order valence-electron chi connectivity index (χ2n) is 3.56. The van der Waals surface area contributed by atoms with Gasteiger partial charge in [-0.2, -0.15) is 10.3 Å². The molecule has 1 aliphatic heterocycles. The fourth-order valence-electron chi connectivity index (χ4n) is 1.66. The van der Waals surface area contributed by atoms with Crippen LogP contribution in [-0.2, 0) is 4.79 Å². The summed E-state index contributed by atoms with van der Waals surface area (Å²) in [7, 11) is 0. The molecule has 1 aliphatic rings. The lowest BCUT2D eigenvalue weighted by Gasteiger charge is -2.20. The van der Waals surface area contributed by atoms with E-state index >= 15 is 0 Å². The van der Waals surface area contributed by atoms with Crippen molar-refractivity contribution in [1.82, 2.24) is 10.4 Å². The van der Waals surface area contributed by atoms with Gasteiger partial charge in [0, 0.05) is 13.0 Å². The van der Waals surface area contributed by atoms with E-state index in [2.05, 4.69) is 11.5 Å². The van der Waals surface area contributed by atoms with Gasteiger partial charge in [0.1, 0.15) is 11.9 Å². The minimum absolute atomic E-state index is 0.0950. The van der Waals surface area contributed by atoms with Gasteiger partial charge in [-0.1, -0.05) is 12.1 Å². The molecule has 0 aromatic heterocycles. The molecule has 1 aromatic carbocycles. The highest BCUT2D eigenvalue weighted by atomic mass is 19.1. The van der Waals surface area contributed by atoms with Crippen molar-refractivity contribution in [3.63, 3.8) is 0 Å². The number of carbonyl (C=O) groups is 1. The van der Waals surface area contributed by atoms with Crippen LogP contribution in [0, 0.1) is 17.1 Å². The molecular weight excluding hydrogens is 209 g/mol. The molecule has 0 bridgehead atoms. The molecule has 1 atom stereocenters. The van der Waals surface area contributed by atoms with Crippen LogP contribution >= 0.6 is 0 Å². The number of nitrogens with zero attached hydrogens (tertiary/aromatic N) is 2. The van der Waals surface area contributed by atoms with Crippen LogP contribution in [-0.4, -0.2) is 17.5 Å². The average molecular weight is 219 g/mol. The Kier molecular flexibility index (Phi) is 2.84. The number of hydrazine groups is 1. The van der Waals surface area contributed by atoms with E-state index in [1.54, 1.807) is 17.1 Å². The highest BCUT2D eigenvalue weighted by Crippen LogP contribution is 2.20. The molecule has 1 saturated heterocycles. The Hall–Kier alpha value is -1.93. The number of halogens is 1. The lowest BCUT2D eigenvalue weighted by Crippen LogP contribution is -2.36. The van der Waals surface area contributed by atoms with E-state index in [4.69, 9.17) is 5.26 Å². The third-order valence-corrected chi connectivity index (χ3v) is 2.47. The molecule has 0 aliphatic carbocycles. The third-order valence-electron chi connectivity index (χ3n) is 2.47. The minimum Gasteiger partial charge on any atom is -0.287 e. The fraction of sp³-hybridized carbons (Fsp3) is 0.273. The van der Waals surface area contributed by atoms with Crippen molar-refractivity contribution < 1.29 is 9.18 Å². The fourth-order valence-corrected chi connectivity index (χ4v) is 1.66. The van der Waals surface area contributed by atoms with Crippen LogP contribution in [0.1, 0.15) is 18.0 Å². The highest BCUT2D eigenvalue weighted by Gasteiger charge is 2.26. The van der Waals surface area contributed by atoms with Gasteiger partial charge in [0.15, 0.2) is 0 Å². The number of nitrogens with one attached hydrogen (secondary N) is 1. The van der Waals surface area contributed by atoms with Gasteiger partial charge in [-0.3, -0.25) is 10.2 Å². The van der Waals surface area contributed by atoms with E-state index < -0.39 is 6.04 Å². The first-order valence-corrected chi connectivity index (χ1v) is 4.92. The number of hydrogen-bond donors (Lipinski definition) is 1. The summed E-state index contributed by atoms with van der Waals surface area (Å²) in [4.78, 5) is 11.0. The van der Waals surface area contributed by atoms with Gasteiger partial charge in [-0.25, -0.2) is 4.39 Å². The SMILES string of the molecule is N#CC(c1ccc(F)cc1)N1CCC(=O)N1. The Morgan fingerprint density at radius 1 is 1.44 bits per heavy atom. The second kappa shape index (κ2) is 4.29. The van der Waals surface area contributed by atoms with Crippen molar-refractivity contribution in [1.29, 1.82) is 5.26 Å². The van der Waals surface area contributed by atoms with Gasteiger partial charge in [0.05, 0.1) is 6.07 Å². The summed E-state index contributed by atoms with van der Waals surface area (Å²) >= 11 is 0. The maximum Gasteiger partial charge on any atom is 0.235 e. The second-order valence-corrected chi connectivity index (χ2v) is 3.56. The molecule has 82 valence electrons. The van der Waals surface area contributed by atoms with Crippen LogP contribution in [0.4, 0.5) is 4.39 Å².